The maximum absolute atomic E-state index is 13.0. The lowest BCUT2D eigenvalue weighted by Crippen LogP contribution is -2.27. The van der Waals surface area contributed by atoms with Gasteiger partial charge in [0.15, 0.2) is 5.78 Å². The normalized spacial score (nSPS) is 13.7. The number of thiazole rings is 1. The van der Waals surface area contributed by atoms with Crippen LogP contribution in [-0.2, 0) is 20.7 Å². The highest BCUT2D eigenvalue weighted by molar-refractivity contribution is 7.22. The number of halogens is 1. The molecule has 0 unspecified atom stereocenters. The van der Waals surface area contributed by atoms with E-state index in [1.54, 1.807) is 24.5 Å². The molecule has 0 saturated carbocycles. The number of fused-ring (bicyclic) bond motifs is 2. The van der Waals surface area contributed by atoms with Crippen molar-refractivity contribution in [3.8, 4) is 33.0 Å². The first-order valence-electron chi connectivity index (χ1n) is 13.7. The van der Waals surface area contributed by atoms with E-state index in [4.69, 9.17) is 21.3 Å². The van der Waals surface area contributed by atoms with Gasteiger partial charge in [-0.15, -0.1) is 11.3 Å². The van der Waals surface area contributed by atoms with E-state index >= 15 is 0 Å². The summed E-state index contributed by atoms with van der Waals surface area (Å²) < 4.78 is 7.34. The molecule has 3 heterocycles. The van der Waals surface area contributed by atoms with Crippen molar-refractivity contribution in [2.24, 2.45) is 0 Å². The van der Waals surface area contributed by atoms with E-state index in [2.05, 4.69) is 10.3 Å². The summed E-state index contributed by atoms with van der Waals surface area (Å²) in [7, 11) is 0. The van der Waals surface area contributed by atoms with Crippen LogP contribution < -0.4 is 5.32 Å². The number of aromatic nitrogens is 2. The quantitative estimate of drug-likeness (QED) is 0.212. The Labute approximate surface area is 253 Å². The minimum atomic E-state index is -0.737. The van der Waals surface area contributed by atoms with Crippen LogP contribution in [0.2, 0.25) is 5.02 Å². The second-order valence-corrected chi connectivity index (χ2v) is 13.0. The lowest BCUT2D eigenvalue weighted by molar-refractivity contribution is -0.138. The molecule has 42 heavy (non-hydrogen) atoms. The highest BCUT2D eigenvalue weighted by Gasteiger charge is 2.30. The van der Waals surface area contributed by atoms with E-state index < -0.39 is 11.7 Å². The minimum Gasteiger partial charge on any atom is -0.360 e. The number of anilines is 1. The summed E-state index contributed by atoms with van der Waals surface area (Å²) in [6, 6.07) is 19.6. The fourth-order valence-corrected chi connectivity index (χ4v) is 6.63. The number of rotatable bonds is 6. The van der Waals surface area contributed by atoms with E-state index in [9.17, 15) is 9.59 Å². The lowest BCUT2D eigenvalue weighted by atomic mass is 9.90. The Morgan fingerprint density at radius 3 is 2.48 bits per heavy atom. The number of hydrogen-bond acceptors (Lipinski definition) is 6. The van der Waals surface area contributed by atoms with Crippen LogP contribution in [0.25, 0.3) is 43.2 Å². The molecule has 0 aliphatic carbocycles. The van der Waals surface area contributed by atoms with Crippen molar-refractivity contribution in [1.29, 1.82) is 0 Å². The second kappa shape index (κ2) is 10.7. The Balaban J connectivity index is 1.51. The molecular weight excluding hydrogens is 566 g/mol. The van der Waals surface area contributed by atoms with Crippen LogP contribution in [0.5, 0.6) is 0 Å². The molecule has 1 aliphatic rings. The number of Topliss-reactive ketones (excluding diaryl/α,β-unsaturated/α-hetero) is 1. The molecule has 1 N–H and O–H groups in total. The largest absolute Gasteiger partial charge is 0.360 e. The summed E-state index contributed by atoms with van der Waals surface area (Å²) in [6.45, 7) is 9.46. The lowest BCUT2D eigenvalue weighted by Gasteiger charge is -2.29. The fraction of sp³-hybridized carbons (Fsp3) is 0.235. The van der Waals surface area contributed by atoms with Gasteiger partial charge >= 0.3 is 0 Å². The van der Waals surface area contributed by atoms with Crippen molar-refractivity contribution < 1.29 is 14.3 Å². The van der Waals surface area contributed by atoms with Gasteiger partial charge in [-0.05, 0) is 93.8 Å². The highest BCUT2D eigenvalue weighted by atomic mass is 35.5. The van der Waals surface area contributed by atoms with Gasteiger partial charge in [-0.2, -0.15) is 0 Å². The van der Waals surface area contributed by atoms with Crippen LogP contribution in [0, 0.1) is 6.92 Å². The van der Waals surface area contributed by atoms with E-state index in [1.807, 2.05) is 88.4 Å². The maximum Gasteiger partial charge on any atom is 0.228 e. The highest BCUT2D eigenvalue weighted by Crippen LogP contribution is 2.44. The molecule has 1 aliphatic heterocycles. The zero-order valence-electron chi connectivity index (χ0n) is 24.0. The first kappa shape index (κ1) is 28.2. The summed E-state index contributed by atoms with van der Waals surface area (Å²) in [5.41, 5.74) is 8.48. The van der Waals surface area contributed by atoms with Crippen molar-refractivity contribution in [1.82, 2.24) is 9.97 Å². The van der Waals surface area contributed by atoms with Gasteiger partial charge in [0.25, 0.3) is 0 Å². The molecule has 3 aromatic carbocycles. The Morgan fingerprint density at radius 2 is 1.76 bits per heavy atom. The number of carbonyl (C=O) groups excluding carboxylic acids is 2. The van der Waals surface area contributed by atoms with Crippen molar-refractivity contribution in [3.63, 3.8) is 0 Å². The number of carbonyl (C=O) groups is 2. The second-order valence-electron chi connectivity index (χ2n) is 11.6. The Morgan fingerprint density at radius 1 is 1.02 bits per heavy atom. The minimum absolute atomic E-state index is 0.00408. The molecule has 0 saturated heterocycles. The zero-order chi connectivity index (χ0) is 29.8. The van der Waals surface area contributed by atoms with E-state index in [1.165, 1.54) is 0 Å². The summed E-state index contributed by atoms with van der Waals surface area (Å²) in [5.74, 6) is -0.0539. The van der Waals surface area contributed by atoms with Crippen LogP contribution >= 0.6 is 22.9 Å². The van der Waals surface area contributed by atoms with Gasteiger partial charge in [0.2, 0.25) is 5.91 Å². The molecule has 2 aromatic heterocycles. The third-order valence-electron chi connectivity index (χ3n) is 7.20. The van der Waals surface area contributed by atoms with E-state index in [0.29, 0.717) is 11.4 Å². The van der Waals surface area contributed by atoms with Gasteiger partial charge in [-0.25, -0.2) is 4.98 Å². The SMILES string of the molecule is CC(=O)[C@@H](OC(C)(C)C)c1c(C)cc2nc(-c3ccnc(-c4ccc5c(c4)CC(=O)N5)c3)sc2c1-c1ccc(Cl)cc1. The summed E-state index contributed by atoms with van der Waals surface area (Å²) >= 11 is 7.84. The van der Waals surface area contributed by atoms with Gasteiger partial charge in [0.05, 0.1) is 27.9 Å². The zero-order valence-corrected chi connectivity index (χ0v) is 25.6. The number of amides is 1. The van der Waals surface area contributed by atoms with Crippen molar-refractivity contribution in [2.75, 3.05) is 5.32 Å². The van der Waals surface area contributed by atoms with Gasteiger partial charge < -0.3 is 10.1 Å². The van der Waals surface area contributed by atoms with Crippen LogP contribution in [0.3, 0.4) is 0 Å². The van der Waals surface area contributed by atoms with Gasteiger partial charge in [-0.3, -0.25) is 14.6 Å². The number of aryl methyl sites for hydroxylation is 1. The molecule has 1 amide bonds. The number of pyridine rings is 1. The van der Waals surface area contributed by atoms with E-state index in [0.717, 1.165) is 65.5 Å². The average Bonchev–Trinajstić information content (AvgIpc) is 3.53. The van der Waals surface area contributed by atoms with Crippen LogP contribution in [0.1, 0.15) is 50.5 Å². The topological polar surface area (TPSA) is 81.2 Å². The third-order valence-corrected chi connectivity index (χ3v) is 8.59. The molecule has 0 bridgehead atoms. The number of nitrogens with one attached hydrogen (secondary N) is 1. The number of ketones is 1. The van der Waals surface area contributed by atoms with E-state index in [-0.39, 0.29) is 11.7 Å². The monoisotopic (exact) mass is 595 g/mol. The molecule has 6 rings (SSSR count). The first-order valence-corrected chi connectivity index (χ1v) is 14.9. The fourth-order valence-electron chi connectivity index (χ4n) is 5.38. The molecule has 212 valence electrons. The number of benzene rings is 3. The first-order chi connectivity index (χ1) is 20.0. The van der Waals surface area contributed by atoms with Crippen LogP contribution in [0.15, 0.2) is 66.9 Å². The summed E-state index contributed by atoms with van der Waals surface area (Å²) in [4.78, 5) is 34.6. The molecule has 0 radical (unpaired) electrons. The van der Waals surface area contributed by atoms with Crippen molar-refractivity contribution in [2.45, 2.75) is 52.7 Å². The summed E-state index contributed by atoms with van der Waals surface area (Å²) in [5, 5.41) is 4.36. The maximum atomic E-state index is 13.0. The molecular formula is C34H30ClN3O3S. The number of hydrogen-bond donors (Lipinski definition) is 1. The standard InChI is InChI=1S/C34H30ClN3O3S/c1-18-14-27-32(30(20-6-9-24(35)10-7-20)29(18)31(19(2)39)41-34(3,4)5)42-33(38-27)22-12-13-36-26(16-22)21-8-11-25-23(15-21)17-28(40)37-25/h6-16,31H,17H2,1-5H3,(H,37,40)/t31-/m1/s1. The van der Waals surface area contributed by atoms with Crippen molar-refractivity contribution >= 4 is 50.5 Å². The van der Waals surface area contributed by atoms with Gasteiger partial charge in [0.1, 0.15) is 11.1 Å². The van der Waals surface area contributed by atoms with Crippen LogP contribution in [0.4, 0.5) is 5.69 Å². The smallest absolute Gasteiger partial charge is 0.228 e. The molecule has 5 aromatic rings. The molecule has 0 fully saturated rings. The Kier molecular flexibility index (Phi) is 7.21. The predicted molar refractivity (Wildman–Crippen MR) is 170 cm³/mol. The molecule has 8 heteroatoms. The molecule has 0 spiro atoms. The predicted octanol–water partition coefficient (Wildman–Crippen LogP) is 8.59. The average molecular weight is 596 g/mol. The number of ether oxygens (including phenoxy) is 1. The molecule has 6 nitrogen and oxygen atoms in total. The third kappa shape index (κ3) is 5.48. The molecule has 1 atom stereocenters. The van der Waals surface area contributed by atoms with Gasteiger partial charge in [0, 0.05) is 39.2 Å². The Hall–Kier alpha value is -3.91. The Bertz CT molecular complexity index is 1870. The van der Waals surface area contributed by atoms with Crippen LogP contribution in [-0.4, -0.2) is 27.3 Å². The summed E-state index contributed by atoms with van der Waals surface area (Å²) in [6.07, 6.45) is 1.42. The van der Waals surface area contributed by atoms with Gasteiger partial charge in [-0.1, -0.05) is 29.8 Å². The number of nitrogens with zero attached hydrogens (tertiary/aromatic N) is 2. The van der Waals surface area contributed by atoms with Crippen molar-refractivity contribution in [3.05, 3.63) is 88.6 Å².